The molecular formula is C11H17FN2. The van der Waals surface area contributed by atoms with Crippen LogP contribution in [0.15, 0.2) is 18.2 Å². The summed E-state index contributed by atoms with van der Waals surface area (Å²) in [6, 6.07) is 5.43. The third-order valence-electron chi connectivity index (χ3n) is 2.23. The molecule has 0 aliphatic rings. The Morgan fingerprint density at radius 2 is 2.21 bits per heavy atom. The van der Waals surface area contributed by atoms with Gasteiger partial charge < -0.3 is 11.1 Å². The third kappa shape index (κ3) is 3.09. The average molecular weight is 196 g/mol. The van der Waals surface area contributed by atoms with E-state index >= 15 is 0 Å². The van der Waals surface area contributed by atoms with Crippen LogP contribution in [0.5, 0.6) is 0 Å². The van der Waals surface area contributed by atoms with Crippen molar-refractivity contribution in [2.75, 3.05) is 6.54 Å². The van der Waals surface area contributed by atoms with Gasteiger partial charge in [0.2, 0.25) is 0 Å². The van der Waals surface area contributed by atoms with Crippen molar-refractivity contribution in [1.29, 1.82) is 0 Å². The van der Waals surface area contributed by atoms with Gasteiger partial charge >= 0.3 is 0 Å². The average Bonchev–Trinajstić information content (AvgIpc) is 2.19. The maximum atomic E-state index is 12.9. The van der Waals surface area contributed by atoms with Crippen LogP contribution in [0, 0.1) is 12.7 Å². The molecular weight excluding hydrogens is 179 g/mol. The number of hydrogen-bond donors (Lipinski definition) is 2. The van der Waals surface area contributed by atoms with E-state index in [9.17, 15) is 4.39 Å². The molecule has 3 heteroatoms. The molecule has 0 saturated carbocycles. The van der Waals surface area contributed by atoms with Gasteiger partial charge in [-0.3, -0.25) is 0 Å². The van der Waals surface area contributed by atoms with E-state index < -0.39 is 0 Å². The topological polar surface area (TPSA) is 38.0 Å². The molecule has 78 valence electrons. The van der Waals surface area contributed by atoms with Crippen LogP contribution in [0.1, 0.15) is 18.1 Å². The molecule has 1 atom stereocenters. The largest absolute Gasteiger partial charge is 0.329 e. The zero-order valence-electron chi connectivity index (χ0n) is 8.68. The number of aryl methyl sites for hydroxylation is 1. The van der Waals surface area contributed by atoms with E-state index in [1.165, 1.54) is 6.07 Å². The van der Waals surface area contributed by atoms with E-state index in [4.69, 9.17) is 5.73 Å². The maximum absolute atomic E-state index is 12.9. The first-order valence-electron chi connectivity index (χ1n) is 4.82. The summed E-state index contributed by atoms with van der Waals surface area (Å²) in [6.45, 7) is 5.14. The molecule has 0 aliphatic heterocycles. The van der Waals surface area contributed by atoms with Gasteiger partial charge in [-0.05, 0) is 31.0 Å². The Kier molecular flexibility index (Phi) is 4.04. The van der Waals surface area contributed by atoms with Crippen molar-refractivity contribution in [2.24, 2.45) is 5.73 Å². The van der Waals surface area contributed by atoms with Crippen LogP contribution in [0.4, 0.5) is 4.39 Å². The van der Waals surface area contributed by atoms with Gasteiger partial charge in [-0.1, -0.05) is 12.1 Å². The summed E-state index contributed by atoms with van der Waals surface area (Å²) in [5.41, 5.74) is 7.24. The summed E-state index contributed by atoms with van der Waals surface area (Å²) in [7, 11) is 0. The van der Waals surface area contributed by atoms with Crippen molar-refractivity contribution in [2.45, 2.75) is 26.4 Å². The van der Waals surface area contributed by atoms with Gasteiger partial charge in [0.1, 0.15) is 5.82 Å². The fraction of sp³-hybridized carbons (Fsp3) is 0.455. The highest BCUT2D eigenvalue weighted by Crippen LogP contribution is 2.08. The molecule has 0 bridgehead atoms. The summed E-state index contributed by atoms with van der Waals surface area (Å²) in [5.74, 6) is -0.152. The standard InChI is InChI=1S/C11H17FN2/c1-8-5-10(3-4-11(8)12)7-14-9(2)6-13/h3-5,9,14H,6-7,13H2,1-2H3/t9-/m0/s1. The van der Waals surface area contributed by atoms with E-state index in [1.54, 1.807) is 13.0 Å². The number of nitrogens with two attached hydrogens (primary N) is 1. The summed E-state index contributed by atoms with van der Waals surface area (Å²) < 4.78 is 12.9. The summed E-state index contributed by atoms with van der Waals surface area (Å²) in [4.78, 5) is 0. The van der Waals surface area contributed by atoms with Crippen LogP contribution in [0.3, 0.4) is 0 Å². The first-order chi connectivity index (χ1) is 6.63. The van der Waals surface area contributed by atoms with Gasteiger partial charge in [0.05, 0.1) is 0 Å². The smallest absolute Gasteiger partial charge is 0.126 e. The van der Waals surface area contributed by atoms with Crippen LogP contribution in [0.2, 0.25) is 0 Å². The van der Waals surface area contributed by atoms with Gasteiger partial charge in [0.15, 0.2) is 0 Å². The number of nitrogens with one attached hydrogen (secondary N) is 1. The van der Waals surface area contributed by atoms with E-state index in [0.29, 0.717) is 18.2 Å². The lowest BCUT2D eigenvalue weighted by Gasteiger charge is -2.11. The van der Waals surface area contributed by atoms with Gasteiger partial charge in [-0.2, -0.15) is 0 Å². The zero-order chi connectivity index (χ0) is 10.6. The molecule has 0 amide bonds. The molecule has 0 aliphatic carbocycles. The van der Waals surface area contributed by atoms with E-state index in [1.807, 2.05) is 13.0 Å². The van der Waals surface area contributed by atoms with E-state index in [2.05, 4.69) is 5.32 Å². The molecule has 2 nitrogen and oxygen atoms in total. The number of hydrogen-bond acceptors (Lipinski definition) is 2. The van der Waals surface area contributed by atoms with Gasteiger partial charge in [-0.15, -0.1) is 0 Å². The van der Waals surface area contributed by atoms with Crippen molar-refractivity contribution >= 4 is 0 Å². The lowest BCUT2D eigenvalue weighted by molar-refractivity contribution is 0.554. The Morgan fingerprint density at radius 3 is 2.79 bits per heavy atom. The Bertz CT molecular complexity index is 299. The molecule has 0 fully saturated rings. The normalized spacial score (nSPS) is 12.9. The highest BCUT2D eigenvalue weighted by Gasteiger charge is 2.01. The maximum Gasteiger partial charge on any atom is 0.126 e. The Labute approximate surface area is 84.3 Å². The van der Waals surface area contributed by atoms with Crippen molar-refractivity contribution < 1.29 is 4.39 Å². The monoisotopic (exact) mass is 196 g/mol. The predicted octanol–water partition coefficient (Wildman–Crippen LogP) is 1.57. The quantitative estimate of drug-likeness (QED) is 0.767. The first-order valence-corrected chi connectivity index (χ1v) is 4.82. The van der Waals surface area contributed by atoms with Crippen molar-refractivity contribution in [3.63, 3.8) is 0 Å². The lowest BCUT2D eigenvalue weighted by atomic mass is 10.1. The molecule has 0 saturated heterocycles. The van der Waals surface area contributed by atoms with Crippen LogP contribution >= 0.6 is 0 Å². The molecule has 0 spiro atoms. The van der Waals surface area contributed by atoms with Gasteiger partial charge in [-0.25, -0.2) is 4.39 Å². The number of benzene rings is 1. The zero-order valence-corrected chi connectivity index (χ0v) is 8.68. The molecule has 0 heterocycles. The second-order valence-corrected chi connectivity index (χ2v) is 3.60. The minimum atomic E-state index is -0.152. The van der Waals surface area contributed by atoms with Crippen molar-refractivity contribution in [1.82, 2.24) is 5.32 Å². The van der Waals surface area contributed by atoms with Crippen LogP contribution in [-0.4, -0.2) is 12.6 Å². The van der Waals surface area contributed by atoms with Crippen molar-refractivity contribution in [3.8, 4) is 0 Å². The number of halogens is 1. The predicted molar refractivity (Wildman–Crippen MR) is 56.5 cm³/mol. The van der Waals surface area contributed by atoms with E-state index in [-0.39, 0.29) is 5.82 Å². The highest BCUT2D eigenvalue weighted by atomic mass is 19.1. The Morgan fingerprint density at radius 1 is 1.50 bits per heavy atom. The SMILES string of the molecule is Cc1cc(CN[C@@H](C)CN)ccc1F. The lowest BCUT2D eigenvalue weighted by Crippen LogP contribution is -2.32. The van der Waals surface area contributed by atoms with Crippen LogP contribution < -0.4 is 11.1 Å². The Hall–Kier alpha value is -0.930. The highest BCUT2D eigenvalue weighted by molar-refractivity contribution is 5.23. The van der Waals surface area contributed by atoms with Gasteiger partial charge in [0, 0.05) is 19.1 Å². The van der Waals surface area contributed by atoms with Crippen LogP contribution in [-0.2, 0) is 6.54 Å². The molecule has 0 aromatic heterocycles. The second kappa shape index (κ2) is 5.08. The minimum absolute atomic E-state index is 0.152. The molecule has 1 aromatic rings. The molecule has 1 aromatic carbocycles. The summed E-state index contributed by atoms with van der Waals surface area (Å²) in [6.07, 6.45) is 0. The van der Waals surface area contributed by atoms with Gasteiger partial charge in [0.25, 0.3) is 0 Å². The fourth-order valence-corrected chi connectivity index (χ4v) is 1.19. The number of rotatable bonds is 4. The molecule has 1 rings (SSSR count). The Balaban J connectivity index is 2.55. The minimum Gasteiger partial charge on any atom is -0.329 e. The van der Waals surface area contributed by atoms with Crippen molar-refractivity contribution in [3.05, 3.63) is 35.1 Å². The molecule has 3 N–H and O–H groups in total. The molecule has 14 heavy (non-hydrogen) atoms. The second-order valence-electron chi connectivity index (χ2n) is 3.60. The fourth-order valence-electron chi connectivity index (χ4n) is 1.19. The summed E-state index contributed by atoms with van der Waals surface area (Å²) in [5, 5.41) is 3.25. The van der Waals surface area contributed by atoms with Crippen LogP contribution in [0.25, 0.3) is 0 Å². The first kappa shape index (κ1) is 11.1. The third-order valence-corrected chi connectivity index (χ3v) is 2.23. The molecule has 0 radical (unpaired) electrons. The molecule has 0 unspecified atom stereocenters. The summed E-state index contributed by atoms with van der Waals surface area (Å²) >= 11 is 0. The van der Waals surface area contributed by atoms with E-state index in [0.717, 1.165) is 12.1 Å².